The fraction of sp³-hybridized carbons (Fsp3) is 0.308. The first-order valence-electron chi connectivity index (χ1n) is 6.35. The molecule has 0 spiro atoms. The average Bonchev–Trinajstić information content (AvgIpc) is 3.18. The molecule has 4 N–H and O–H groups in total. The molecule has 1 heterocycles. The predicted molar refractivity (Wildman–Crippen MR) is 70.9 cm³/mol. The lowest BCUT2D eigenvalue weighted by Gasteiger charge is -2.12. The van der Waals surface area contributed by atoms with Crippen molar-refractivity contribution < 1.29 is 17.9 Å². The van der Waals surface area contributed by atoms with E-state index in [2.05, 4.69) is 9.72 Å². The van der Waals surface area contributed by atoms with Crippen molar-refractivity contribution in [1.82, 2.24) is 9.66 Å². The van der Waals surface area contributed by atoms with Crippen molar-refractivity contribution in [3.63, 3.8) is 0 Å². The predicted octanol–water partition coefficient (Wildman–Crippen LogP) is 2.62. The van der Waals surface area contributed by atoms with Crippen molar-refractivity contribution in [3.05, 3.63) is 30.1 Å². The molecule has 0 amide bonds. The SMILES string of the molecule is Nc1c(-c2ccccc2OC(F)(F)F)nc(C2CC2)n1N. The van der Waals surface area contributed by atoms with Crippen molar-refractivity contribution in [3.8, 4) is 17.0 Å². The van der Waals surface area contributed by atoms with Gasteiger partial charge in [0.25, 0.3) is 0 Å². The molecule has 2 aromatic rings. The molecule has 21 heavy (non-hydrogen) atoms. The van der Waals surface area contributed by atoms with Gasteiger partial charge < -0.3 is 16.3 Å². The summed E-state index contributed by atoms with van der Waals surface area (Å²) in [6.45, 7) is 0. The number of rotatable bonds is 3. The Morgan fingerprint density at radius 2 is 1.90 bits per heavy atom. The number of imidazole rings is 1. The third kappa shape index (κ3) is 2.61. The van der Waals surface area contributed by atoms with Crippen LogP contribution in [0, 0.1) is 0 Å². The molecule has 0 bridgehead atoms. The highest BCUT2D eigenvalue weighted by molar-refractivity contribution is 5.76. The standard InChI is InChI=1S/C13H13F3N4O/c14-13(15,16)21-9-4-2-1-3-8(9)10-11(17)20(18)12(19-10)7-5-6-7/h1-4,7H,5-6,17-18H2. The van der Waals surface area contributed by atoms with Crippen LogP contribution in [0.1, 0.15) is 24.6 Å². The third-order valence-electron chi connectivity index (χ3n) is 3.29. The lowest BCUT2D eigenvalue weighted by Crippen LogP contribution is -2.17. The highest BCUT2D eigenvalue weighted by atomic mass is 19.4. The molecular weight excluding hydrogens is 285 g/mol. The zero-order chi connectivity index (χ0) is 15.2. The molecule has 0 saturated heterocycles. The number of para-hydroxylation sites is 1. The second-order valence-corrected chi connectivity index (χ2v) is 4.89. The van der Waals surface area contributed by atoms with Crippen molar-refractivity contribution in [2.75, 3.05) is 11.6 Å². The molecule has 0 atom stereocenters. The smallest absolute Gasteiger partial charge is 0.405 e. The van der Waals surface area contributed by atoms with E-state index in [1.807, 2.05) is 0 Å². The van der Waals surface area contributed by atoms with Gasteiger partial charge in [0.15, 0.2) is 5.82 Å². The maximum Gasteiger partial charge on any atom is 0.573 e. The van der Waals surface area contributed by atoms with Crippen molar-refractivity contribution in [2.45, 2.75) is 25.1 Å². The van der Waals surface area contributed by atoms with Gasteiger partial charge in [0.1, 0.15) is 17.3 Å². The zero-order valence-electron chi connectivity index (χ0n) is 10.9. The summed E-state index contributed by atoms with van der Waals surface area (Å²) in [5.41, 5.74) is 6.25. The Morgan fingerprint density at radius 3 is 2.52 bits per heavy atom. The number of alkyl halides is 3. The van der Waals surface area contributed by atoms with E-state index in [1.165, 1.54) is 22.9 Å². The maximum absolute atomic E-state index is 12.5. The molecule has 1 aromatic carbocycles. The summed E-state index contributed by atoms with van der Waals surface area (Å²) in [6, 6.07) is 5.72. The van der Waals surface area contributed by atoms with Crippen LogP contribution in [0.15, 0.2) is 24.3 Å². The zero-order valence-corrected chi connectivity index (χ0v) is 10.9. The van der Waals surface area contributed by atoms with Crippen LogP contribution >= 0.6 is 0 Å². The Bertz CT molecular complexity index is 677. The summed E-state index contributed by atoms with van der Waals surface area (Å²) in [5.74, 6) is 6.41. The monoisotopic (exact) mass is 298 g/mol. The number of hydrogen-bond donors (Lipinski definition) is 2. The highest BCUT2D eigenvalue weighted by Crippen LogP contribution is 2.43. The van der Waals surface area contributed by atoms with E-state index < -0.39 is 6.36 Å². The second kappa shape index (κ2) is 4.57. The summed E-state index contributed by atoms with van der Waals surface area (Å²) >= 11 is 0. The number of nitrogen functional groups attached to an aromatic ring is 2. The van der Waals surface area contributed by atoms with Crippen molar-refractivity contribution in [1.29, 1.82) is 0 Å². The molecule has 3 rings (SSSR count). The number of halogens is 3. The van der Waals surface area contributed by atoms with Crippen molar-refractivity contribution in [2.24, 2.45) is 0 Å². The highest BCUT2D eigenvalue weighted by Gasteiger charge is 2.34. The molecule has 1 aliphatic rings. The largest absolute Gasteiger partial charge is 0.573 e. The Hall–Kier alpha value is -2.38. The molecule has 112 valence electrons. The summed E-state index contributed by atoms with van der Waals surface area (Å²) < 4.78 is 42.6. The minimum absolute atomic E-state index is 0.120. The van der Waals surface area contributed by atoms with Gasteiger partial charge in [-0.2, -0.15) is 0 Å². The number of ether oxygens (including phenoxy) is 1. The lowest BCUT2D eigenvalue weighted by atomic mass is 10.1. The van der Waals surface area contributed by atoms with Crippen LogP contribution in [0.2, 0.25) is 0 Å². The van der Waals surface area contributed by atoms with Crippen LogP contribution in [-0.2, 0) is 0 Å². The van der Waals surface area contributed by atoms with Gasteiger partial charge in [0, 0.05) is 11.5 Å². The summed E-state index contributed by atoms with van der Waals surface area (Å²) in [6.07, 6.45) is -2.88. The first kappa shape index (κ1) is 13.6. The van der Waals surface area contributed by atoms with E-state index >= 15 is 0 Å². The Labute approximate surface area is 118 Å². The van der Waals surface area contributed by atoms with E-state index in [-0.39, 0.29) is 28.7 Å². The molecular formula is C13H13F3N4O. The second-order valence-electron chi connectivity index (χ2n) is 4.89. The van der Waals surface area contributed by atoms with Gasteiger partial charge in [-0.15, -0.1) is 13.2 Å². The van der Waals surface area contributed by atoms with Crippen LogP contribution in [0.25, 0.3) is 11.3 Å². The van der Waals surface area contributed by atoms with Crippen molar-refractivity contribution >= 4 is 5.82 Å². The number of benzene rings is 1. The first-order valence-corrected chi connectivity index (χ1v) is 6.35. The number of hydrogen-bond acceptors (Lipinski definition) is 4. The quantitative estimate of drug-likeness (QED) is 0.854. The lowest BCUT2D eigenvalue weighted by molar-refractivity contribution is -0.274. The van der Waals surface area contributed by atoms with Gasteiger partial charge in [0.2, 0.25) is 0 Å². The number of nitrogens with two attached hydrogens (primary N) is 2. The van der Waals surface area contributed by atoms with Crippen LogP contribution in [0.3, 0.4) is 0 Å². The fourth-order valence-electron chi connectivity index (χ4n) is 2.17. The van der Waals surface area contributed by atoms with E-state index in [0.717, 1.165) is 12.8 Å². The minimum Gasteiger partial charge on any atom is -0.405 e. The van der Waals surface area contributed by atoms with Crippen LogP contribution < -0.4 is 16.3 Å². The van der Waals surface area contributed by atoms with Crippen LogP contribution in [0.4, 0.5) is 19.0 Å². The van der Waals surface area contributed by atoms with Crippen LogP contribution in [-0.4, -0.2) is 16.0 Å². The molecule has 0 radical (unpaired) electrons. The van der Waals surface area contributed by atoms with Gasteiger partial charge in [-0.25, -0.2) is 9.66 Å². The van der Waals surface area contributed by atoms with Crippen LogP contribution in [0.5, 0.6) is 5.75 Å². The molecule has 0 unspecified atom stereocenters. The fourth-order valence-corrected chi connectivity index (χ4v) is 2.17. The first-order chi connectivity index (χ1) is 9.87. The van der Waals surface area contributed by atoms with E-state index in [4.69, 9.17) is 11.6 Å². The number of anilines is 1. The normalized spacial score (nSPS) is 15.2. The number of aromatic nitrogens is 2. The Balaban J connectivity index is 2.06. The average molecular weight is 298 g/mol. The molecule has 0 aliphatic heterocycles. The number of nitrogens with zero attached hydrogens (tertiary/aromatic N) is 2. The van der Waals surface area contributed by atoms with Gasteiger partial charge >= 0.3 is 6.36 Å². The molecule has 1 fully saturated rings. The summed E-state index contributed by atoms with van der Waals surface area (Å²) in [5, 5.41) is 0. The molecule has 8 heteroatoms. The Morgan fingerprint density at radius 1 is 1.24 bits per heavy atom. The van der Waals surface area contributed by atoms with Gasteiger partial charge in [-0.1, -0.05) is 12.1 Å². The topological polar surface area (TPSA) is 79.1 Å². The van der Waals surface area contributed by atoms with Gasteiger partial charge in [-0.3, -0.25) is 0 Å². The summed E-state index contributed by atoms with van der Waals surface area (Å²) in [7, 11) is 0. The molecule has 5 nitrogen and oxygen atoms in total. The summed E-state index contributed by atoms with van der Waals surface area (Å²) in [4.78, 5) is 4.30. The molecule has 1 aromatic heterocycles. The van der Waals surface area contributed by atoms with Gasteiger partial charge in [0.05, 0.1) is 0 Å². The Kier molecular flexibility index (Phi) is 2.96. The maximum atomic E-state index is 12.5. The molecule has 1 saturated carbocycles. The molecule has 1 aliphatic carbocycles. The van der Waals surface area contributed by atoms with E-state index in [0.29, 0.717) is 5.82 Å². The van der Waals surface area contributed by atoms with E-state index in [9.17, 15) is 13.2 Å². The third-order valence-corrected chi connectivity index (χ3v) is 3.29. The van der Waals surface area contributed by atoms with E-state index in [1.54, 1.807) is 6.07 Å². The minimum atomic E-state index is -4.78. The van der Waals surface area contributed by atoms with Gasteiger partial charge in [-0.05, 0) is 25.0 Å².